The Morgan fingerprint density at radius 2 is 1.86 bits per heavy atom. The number of sulfonamides is 1. The van der Waals surface area contributed by atoms with Crippen molar-refractivity contribution in [1.29, 1.82) is 0 Å². The van der Waals surface area contributed by atoms with E-state index >= 15 is 0 Å². The number of hydrogen-bond donors (Lipinski definition) is 3. The predicted molar refractivity (Wildman–Crippen MR) is 118 cm³/mol. The quantitative estimate of drug-likeness (QED) is 0.396. The van der Waals surface area contributed by atoms with Gasteiger partial charge in [0.25, 0.3) is 0 Å². The van der Waals surface area contributed by atoms with Crippen LogP contribution in [-0.2, 0) is 10.0 Å². The molecule has 3 rings (SSSR count). The first-order valence-electron chi connectivity index (χ1n) is 10.8. The van der Waals surface area contributed by atoms with Crippen molar-refractivity contribution in [3.8, 4) is 0 Å². The van der Waals surface area contributed by atoms with Crippen LogP contribution in [0.5, 0.6) is 0 Å². The average molecular weight is 422 g/mol. The van der Waals surface area contributed by atoms with Crippen molar-refractivity contribution in [2.75, 3.05) is 45.5 Å². The average Bonchev–Trinajstić information content (AvgIpc) is 3.20. The zero-order valence-electron chi connectivity index (χ0n) is 17.4. The molecule has 0 amide bonds. The molecular weight excluding hydrogens is 386 g/mol. The summed E-state index contributed by atoms with van der Waals surface area (Å²) in [7, 11) is -1.53. The smallest absolute Gasteiger partial charge is 0.213 e. The maximum Gasteiger partial charge on any atom is 0.213 e. The molecule has 1 atom stereocenters. The maximum atomic E-state index is 12.2. The van der Waals surface area contributed by atoms with Crippen LogP contribution in [0.3, 0.4) is 0 Å². The van der Waals surface area contributed by atoms with Gasteiger partial charge in [0.15, 0.2) is 5.96 Å². The fourth-order valence-electron chi connectivity index (χ4n) is 3.92. The van der Waals surface area contributed by atoms with Gasteiger partial charge in [0.1, 0.15) is 0 Å². The van der Waals surface area contributed by atoms with Gasteiger partial charge in [-0.15, -0.1) is 0 Å². The van der Waals surface area contributed by atoms with E-state index < -0.39 is 10.0 Å². The number of hydrogen-bond acceptors (Lipinski definition) is 4. The lowest BCUT2D eigenvalue weighted by Crippen LogP contribution is -2.44. The normalized spacial score (nSPS) is 19.7. The van der Waals surface area contributed by atoms with Crippen LogP contribution in [0.1, 0.15) is 43.7 Å². The van der Waals surface area contributed by atoms with E-state index in [-0.39, 0.29) is 11.8 Å². The third-order valence-corrected chi connectivity index (χ3v) is 7.28. The molecule has 0 spiro atoms. The highest BCUT2D eigenvalue weighted by Gasteiger charge is 2.24. The topological polar surface area (TPSA) is 85.8 Å². The van der Waals surface area contributed by atoms with Crippen LogP contribution < -0.4 is 15.4 Å². The Hall–Kier alpha value is -1.64. The second kappa shape index (κ2) is 10.9. The second-order valence-electron chi connectivity index (χ2n) is 8.01. The summed E-state index contributed by atoms with van der Waals surface area (Å²) < 4.78 is 27.0. The summed E-state index contributed by atoms with van der Waals surface area (Å²) in [6, 6.07) is 10.8. The number of benzene rings is 1. The molecule has 3 N–H and O–H groups in total. The molecule has 0 bridgehead atoms. The summed E-state index contributed by atoms with van der Waals surface area (Å²) in [6.45, 7) is 3.86. The molecule has 1 unspecified atom stereocenters. The molecule has 1 heterocycles. The fourth-order valence-corrected chi connectivity index (χ4v) is 4.92. The van der Waals surface area contributed by atoms with Crippen LogP contribution in [0.4, 0.5) is 0 Å². The standard InChI is InChI=1S/C21H35N5O2S/c1-22-21(23-12-15-29(27,28)25-16-18-8-7-9-18)24-17-20(26-13-5-6-14-26)19-10-3-2-4-11-19/h2-4,10-11,18,20,25H,5-9,12-17H2,1H3,(H2,22,23,24). The Morgan fingerprint density at radius 3 is 2.48 bits per heavy atom. The van der Waals surface area contributed by atoms with Crippen molar-refractivity contribution in [1.82, 2.24) is 20.3 Å². The third-order valence-electron chi connectivity index (χ3n) is 5.93. The lowest BCUT2D eigenvalue weighted by molar-refractivity contribution is 0.245. The second-order valence-corrected chi connectivity index (χ2v) is 9.94. The van der Waals surface area contributed by atoms with E-state index in [4.69, 9.17) is 0 Å². The minimum Gasteiger partial charge on any atom is -0.355 e. The number of aliphatic imine (C=N–C) groups is 1. The molecule has 1 aliphatic carbocycles. The third kappa shape index (κ3) is 6.97. The van der Waals surface area contributed by atoms with Gasteiger partial charge in [0, 0.05) is 26.7 Å². The Kier molecular flexibility index (Phi) is 8.32. The minimum atomic E-state index is -3.25. The number of guanidine groups is 1. The van der Waals surface area contributed by atoms with Crippen molar-refractivity contribution >= 4 is 16.0 Å². The molecule has 1 saturated carbocycles. The van der Waals surface area contributed by atoms with Gasteiger partial charge in [-0.1, -0.05) is 36.8 Å². The molecule has 29 heavy (non-hydrogen) atoms. The Morgan fingerprint density at radius 1 is 1.14 bits per heavy atom. The molecule has 1 saturated heterocycles. The molecular formula is C21H35N5O2S. The minimum absolute atomic E-state index is 0.0503. The summed E-state index contributed by atoms with van der Waals surface area (Å²) >= 11 is 0. The Bertz CT molecular complexity index is 744. The SMILES string of the molecule is CN=C(NCCS(=O)(=O)NCC1CCC1)NCC(c1ccccc1)N1CCCC1. The van der Waals surface area contributed by atoms with E-state index in [2.05, 4.69) is 49.5 Å². The van der Waals surface area contributed by atoms with Gasteiger partial charge in [-0.3, -0.25) is 9.89 Å². The van der Waals surface area contributed by atoms with Crippen LogP contribution >= 0.6 is 0 Å². The first kappa shape index (κ1) is 22.1. The van der Waals surface area contributed by atoms with Crippen molar-refractivity contribution in [2.45, 2.75) is 38.1 Å². The maximum absolute atomic E-state index is 12.2. The molecule has 1 aromatic carbocycles. The highest BCUT2D eigenvalue weighted by molar-refractivity contribution is 7.89. The lowest BCUT2D eigenvalue weighted by atomic mass is 9.86. The van der Waals surface area contributed by atoms with Crippen LogP contribution in [0.15, 0.2) is 35.3 Å². The summed E-state index contributed by atoms with van der Waals surface area (Å²) in [5, 5.41) is 6.52. The van der Waals surface area contributed by atoms with Gasteiger partial charge in [0.2, 0.25) is 10.0 Å². The summed E-state index contributed by atoms with van der Waals surface area (Å²) in [4.78, 5) is 6.76. The van der Waals surface area contributed by atoms with E-state index in [1.807, 2.05) is 6.07 Å². The molecule has 0 radical (unpaired) electrons. The van der Waals surface area contributed by atoms with E-state index in [1.165, 1.54) is 24.8 Å². The van der Waals surface area contributed by atoms with Gasteiger partial charge in [-0.05, 0) is 50.3 Å². The molecule has 0 aromatic heterocycles. The van der Waals surface area contributed by atoms with E-state index in [0.717, 1.165) is 32.5 Å². The number of nitrogens with zero attached hydrogens (tertiary/aromatic N) is 2. The van der Waals surface area contributed by atoms with Gasteiger partial charge in [0.05, 0.1) is 11.8 Å². The van der Waals surface area contributed by atoms with E-state index in [9.17, 15) is 8.42 Å². The van der Waals surface area contributed by atoms with Crippen LogP contribution in [0, 0.1) is 5.92 Å². The van der Waals surface area contributed by atoms with Crippen molar-refractivity contribution in [2.24, 2.45) is 10.9 Å². The summed E-state index contributed by atoms with van der Waals surface area (Å²) in [6.07, 6.45) is 5.97. The zero-order valence-corrected chi connectivity index (χ0v) is 18.3. The molecule has 8 heteroatoms. The van der Waals surface area contributed by atoms with Crippen LogP contribution in [0.2, 0.25) is 0 Å². The van der Waals surface area contributed by atoms with E-state index in [1.54, 1.807) is 7.05 Å². The van der Waals surface area contributed by atoms with Crippen molar-refractivity contribution < 1.29 is 8.42 Å². The van der Waals surface area contributed by atoms with Crippen LogP contribution in [-0.4, -0.2) is 64.8 Å². The Labute approximate surface area is 175 Å². The molecule has 1 aliphatic heterocycles. The zero-order chi connectivity index (χ0) is 20.5. The first-order valence-corrected chi connectivity index (χ1v) is 12.4. The molecule has 162 valence electrons. The first-order chi connectivity index (χ1) is 14.1. The molecule has 2 aliphatic rings. The van der Waals surface area contributed by atoms with Crippen LogP contribution in [0.25, 0.3) is 0 Å². The van der Waals surface area contributed by atoms with Gasteiger partial charge in [-0.2, -0.15) is 0 Å². The van der Waals surface area contributed by atoms with Gasteiger partial charge >= 0.3 is 0 Å². The van der Waals surface area contributed by atoms with Gasteiger partial charge in [-0.25, -0.2) is 13.1 Å². The molecule has 7 nitrogen and oxygen atoms in total. The Balaban J connectivity index is 1.45. The highest BCUT2D eigenvalue weighted by Crippen LogP contribution is 2.25. The predicted octanol–water partition coefficient (Wildman–Crippen LogP) is 1.71. The number of nitrogens with one attached hydrogen (secondary N) is 3. The molecule has 2 fully saturated rings. The van der Waals surface area contributed by atoms with Crippen molar-refractivity contribution in [3.05, 3.63) is 35.9 Å². The fraction of sp³-hybridized carbons (Fsp3) is 0.667. The number of rotatable bonds is 10. The summed E-state index contributed by atoms with van der Waals surface area (Å²) in [5.74, 6) is 1.21. The van der Waals surface area contributed by atoms with Crippen molar-refractivity contribution in [3.63, 3.8) is 0 Å². The lowest BCUT2D eigenvalue weighted by Gasteiger charge is -2.29. The molecule has 1 aromatic rings. The highest BCUT2D eigenvalue weighted by atomic mass is 32.2. The summed E-state index contributed by atoms with van der Waals surface area (Å²) in [5.41, 5.74) is 1.29. The van der Waals surface area contributed by atoms with E-state index in [0.29, 0.717) is 25.0 Å². The van der Waals surface area contributed by atoms with Gasteiger partial charge < -0.3 is 10.6 Å². The number of likely N-dealkylation sites (tertiary alicyclic amines) is 1. The monoisotopic (exact) mass is 421 g/mol. The largest absolute Gasteiger partial charge is 0.355 e.